The van der Waals surface area contributed by atoms with Crippen LogP contribution < -0.4 is 5.32 Å². The number of nitrogens with zero attached hydrogens (tertiary/aromatic N) is 5. The van der Waals surface area contributed by atoms with E-state index in [0.29, 0.717) is 23.9 Å². The SMILES string of the molecule is Cn1ccnc1-c1nc(NCCCN2CCCC2=O)ncc1-c1cccc(Cl)c1. The third-order valence-electron chi connectivity index (χ3n) is 5.02. The fourth-order valence-corrected chi connectivity index (χ4v) is 3.70. The molecule has 1 saturated heterocycles. The molecule has 0 radical (unpaired) electrons. The molecule has 1 aliphatic heterocycles. The number of aryl methyl sites for hydroxylation is 1. The molecule has 1 N–H and O–H groups in total. The van der Waals surface area contributed by atoms with E-state index in [9.17, 15) is 4.79 Å². The van der Waals surface area contributed by atoms with Crippen LogP contribution in [0.3, 0.4) is 0 Å². The Labute approximate surface area is 174 Å². The fourth-order valence-electron chi connectivity index (χ4n) is 3.51. The monoisotopic (exact) mass is 410 g/mol. The topological polar surface area (TPSA) is 75.9 Å². The second kappa shape index (κ2) is 8.61. The molecule has 3 aromatic rings. The van der Waals surface area contributed by atoms with Crippen LogP contribution in [0.15, 0.2) is 42.9 Å². The van der Waals surface area contributed by atoms with Gasteiger partial charge in [-0.2, -0.15) is 0 Å². The Kier molecular flexibility index (Phi) is 5.76. The lowest BCUT2D eigenvalue weighted by Gasteiger charge is -2.15. The summed E-state index contributed by atoms with van der Waals surface area (Å²) in [7, 11) is 1.94. The maximum absolute atomic E-state index is 11.7. The number of carbonyl (C=O) groups excluding carboxylic acids is 1. The Morgan fingerprint density at radius 2 is 2.17 bits per heavy atom. The van der Waals surface area contributed by atoms with E-state index < -0.39 is 0 Å². The molecule has 150 valence electrons. The highest BCUT2D eigenvalue weighted by molar-refractivity contribution is 6.30. The van der Waals surface area contributed by atoms with Gasteiger partial charge < -0.3 is 14.8 Å². The average molecular weight is 411 g/mol. The standard InChI is InChI=1S/C21H23ClN6O/c1-27-12-9-23-20(27)19-17(15-5-2-6-16(22)13-15)14-25-21(26-19)24-8-4-11-28-10-3-7-18(28)29/h2,5-6,9,12-14H,3-4,7-8,10-11H2,1H3,(H,24,25,26). The predicted octanol–water partition coefficient (Wildman–Crippen LogP) is 3.62. The summed E-state index contributed by atoms with van der Waals surface area (Å²) in [6.07, 6.45) is 7.93. The van der Waals surface area contributed by atoms with Gasteiger partial charge in [-0.05, 0) is 30.5 Å². The summed E-state index contributed by atoms with van der Waals surface area (Å²) in [6, 6.07) is 7.63. The molecule has 8 heteroatoms. The van der Waals surface area contributed by atoms with Gasteiger partial charge in [-0.25, -0.2) is 15.0 Å². The van der Waals surface area contributed by atoms with Crippen molar-refractivity contribution in [3.63, 3.8) is 0 Å². The number of benzene rings is 1. The highest BCUT2D eigenvalue weighted by Crippen LogP contribution is 2.31. The molecule has 2 aromatic heterocycles. The largest absolute Gasteiger partial charge is 0.354 e. The summed E-state index contributed by atoms with van der Waals surface area (Å²) in [6.45, 7) is 2.33. The first-order valence-electron chi connectivity index (χ1n) is 9.74. The van der Waals surface area contributed by atoms with Crippen molar-refractivity contribution in [1.29, 1.82) is 0 Å². The van der Waals surface area contributed by atoms with Crippen molar-refractivity contribution in [2.24, 2.45) is 7.05 Å². The van der Waals surface area contributed by atoms with E-state index in [0.717, 1.165) is 48.6 Å². The van der Waals surface area contributed by atoms with E-state index in [1.54, 1.807) is 12.4 Å². The molecule has 1 aliphatic rings. The summed E-state index contributed by atoms with van der Waals surface area (Å²) in [4.78, 5) is 27.3. The van der Waals surface area contributed by atoms with Crippen molar-refractivity contribution in [2.45, 2.75) is 19.3 Å². The summed E-state index contributed by atoms with van der Waals surface area (Å²) in [5.74, 6) is 1.55. The lowest BCUT2D eigenvalue weighted by molar-refractivity contribution is -0.127. The van der Waals surface area contributed by atoms with Crippen LogP contribution in [-0.2, 0) is 11.8 Å². The van der Waals surface area contributed by atoms with Gasteiger partial charge >= 0.3 is 0 Å². The summed E-state index contributed by atoms with van der Waals surface area (Å²) in [5, 5.41) is 3.93. The number of amides is 1. The van der Waals surface area contributed by atoms with Crippen molar-refractivity contribution in [3.05, 3.63) is 47.9 Å². The average Bonchev–Trinajstić information content (AvgIpc) is 3.33. The molecule has 29 heavy (non-hydrogen) atoms. The number of rotatable bonds is 7. The van der Waals surface area contributed by atoms with Crippen molar-refractivity contribution in [2.75, 3.05) is 25.0 Å². The van der Waals surface area contributed by atoms with Crippen LogP contribution in [0, 0.1) is 0 Å². The molecule has 1 amide bonds. The quantitative estimate of drug-likeness (QED) is 0.602. The zero-order valence-corrected chi connectivity index (χ0v) is 17.1. The summed E-state index contributed by atoms with van der Waals surface area (Å²) < 4.78 is 1.93. The van der Waals surface area contributed by atoms with Crippen LogP contribution in [0.1, 0.15) is 19.3 Å². The minimum absolute atomic E-state index is 0.254. The van der Waals surface area contributed by atoms with Crippen LogP contribution in [0.5, 0.6) is 0 Å². The molecule has 0 unspecified atom stereocenters. The summed E-state index contributed by atoms with van der Waals surface area (Å²) in [5.41, 5.74) is 2.55. The van der Waals surface area contributed by atoms with Gasteiger partial charge in [0.15, 0.2) is 5.82 Å². The third kappa shape index (κ3) is 4.40. The number of nitrogens with one attached hydrogen (secondary N) is 1. The van der Waals surface area contributed by atoms with Crippen molar-refractivity contribution in [1.82, 2.24) is 24.4 Å². The maximum atomic E-state index is 11.7. The Bertz CT molecular complexity index is 1020. The van der Waals surface area contributed by atoms with Gasteiger partial charge in [-0.15, -0.1) is 0 Å². The van der Waals surface area contributed by atoms with E-state index >= 15 is 0 Å². The Hall–Kier alpha value is -2.93. The lowest BCUT2D eigenvalue weighted by atomic mass is 10.1. The van der Waals surface area contributed by atoms with E-state index in [1.165, 1.54) is 0 Å². The Morgan fingerprint density at radius 1 is 1.28 bits per heavy atom. The van der Waals surface area contributed by atoms with E-state index in [2.05, 4.69) is 15.3 Å². The van der Waals surface area contributed by atoms with Gasteiger partial charge in [0.25, 0.3) is 0 Å². The molecule has 7 nitrogen and oxygen atoms in total. The Morgan fingerprint density at radius 3 is 2.90 bits per heavy atom. The highest BCUT2D eigenvalue weighted by atomic mass is 35.5. The van der Waals surface area contributed by atoms with Crippen LogP contribution in [-0.4, -0.2) is 50.0 Å². The van der Waals surface area contributed by atoms with Crippen LogP contribution in [0.4, 0.5) is 5.95 Å². The molecule has 0 atom stereocenters. The molecule has 4 rings (SSSR count). The second-order valence-electron chi connectivity index (χ2n) is 7.09. The molecule has 0 bridgehead atoms. The number of hydrogen-bond donors (Lipinski definition) is 1. The van der Waals surface area contributed by atoms with Gasteiger partial charge in [0.1, 0.15) is 5.69 Å². The first kappa shape index (κ1) is 19.4. The number of aromatic nitrogens is 4. The molecule has 0 spiro atoms. The molecular weight excluding hydrogens is 388 g/mol. The number of carbonyl (C=O) groups is 1. The minimum atomic E-state index is 0.254. The maximum Gasteiger partial charge on any atom is 0.223 e. The number of likely N-dealkylation sites (tertiary alicyclic amines) is 1. The first-order chi connectivity index (χ1) is 14.1. The third-order valence-corrected chi connectivity index (χ3v) is 5.25. The van der Waals surface area contributed by atoms with Crippen LogP contribution in [0.25, 0.3) is 22.6 Å². The second-order valence-corrected chi connectivity index (χ2v) is 7.53. The van der Waals surface area contributed by atoms with Gasteiger partial charge in [-0.1, -0.05) is 23.7 Å². The first-order valence-corrected chi connectivity index (χ1v) is 10.1. The summed E-state index contributed by atoms with van der Waals surface area (Å²) >= 11 is 6.18. The van der Waals surface area contributed by atoms with Crippen molar-refractivity contribution in [3.8, 4) is 22.6 Å². The lowest BCUT2D eigenvalue weighted by Crippen LogP contribution is -2.27. The van der Waals surface area contributed by atoms with Crippen LogP contribution in [0.2, 0.25) is 5.02 Å². The molecule has 0 aliphatic carbocycles. The smallest absolute Gasteiger partial charge is 0.223 e. The van der Waals surface area contributed by atoms with E-state index in [4.69, 9.17) is 16.6 Å². The molecular formula is C21H23ClN6O. The predicted molar refractivity (Wildman–Crippen MR) is 114 cm³/mol. The van der Waals surface area contributed by atoms with Gasteiger partial charge in [0.05, 0.1) is 0 Å². The minimum Gasteiger partial charge on any atom is -0.354 e. The zero-order valence-electron chi connectivity index (χ0n) is 16.3. The number of anilines is 1. The zero-order chi connectivity index (χ0) is 20.2. The molecule has 1 fully saturated rings. The molecule has 1 aromatic carbocycles. The van der Waals surface area contributed by atoms with Crippen molar-refractivity contribution >= 4 is 23.5 Å². The van der Waals surface area contributed by atoms with Crippen LogP contribution >= 0.6 is 11.6 Å². The van der Waals surface area contributed by atoms with E-state index in [-0.39, 0.29) is 5.91 Å². The molecule has 0 saturated carbocycles. The van der Waals surface area contributed by atoms with Gasteiger partial charge in [-0.3, -0.25) is 4.79 Å². The van der Waals surface area contributed by atoms with E-state index in [1.807, 2.05) is 47.0 Å². The normalized spacial score (nSPS) is 13.9. The van der Waals surface area contributed by atoms with Crippen molar-refractivity contribution < 1.29 is 4.79 Å². The molecule has 3 heterocycles. The number of imidazole rings is 1. The fraction of sp³-hybridized carbons (Fsp3) is 0.333. The number of hydrogen-bond acceptors (Lipinski definition) is 5. The number of halogens is 1. The Balaban J connectivity index is 1.53. The highest BCUT2D eigenvalue weighted by Gasteiger charge is 2.19. The van der Waals surface area contributed by atoms with Gasteiger partial charge in [0.2, 0.25) is 11.9 Å². The van der Waals surface area contributed by atoms with Gasteiger partial charge in [0, 0.05) is 62.3 Å².